The van der Waals surface area contributed by atoms with E-state index in [0.717, 1.165) is 6.07 Å². The second-order valence-corrected chi connectivity index (χ2v) is 6.40. The molecule has 0 saturated carbocycles. The van der Waals surface area contributed by atoms with Crippen LogP contribution in [0.5, 0.6) is 0 Å². The Hall–Kier alpha value is -3.88. The molecule has 8 nitrogen and oxygen atoms in total. The van der Waals surface area contributed by atoms with E-state index in [0.29, 0.717) is 28.1 Å². The highest BCUT2D eigenvalue weighted by Gasteiger charge is 2.16. The second-order valence-electron chi connectivity index (χ2n) is 6.40. The van der Waals surface area contributed by atoms with Crippen molar-refractivity contribution in [2.24, 2.45) is 5.73 Å². The van der Waals surface area contributed by atoms with Crippen molar-refractivity contribution >= 4 is 34.4 Å². The van der Waals surface area contributed by atoms with E-state index in [1.165, 1.54) is 30.3 Å². The van der Waals surface area contributed by atoms with Crippen LogP contribution in [-0.4, -0.2) is 34.2 Å². The van der Waals surface area contributed by atoms with Crippen molar-refractivity contribution in [1.82, 2.24) is 15.3 Å². The minimum absolute atomic E-state index is 0.0545. The molecule has 0 spiro atoms. The maximum Gasteiger partial charge on any atom is 0.258 e. The Morgan fingerprint density at radius 2 is 1.66 bits per heavy atom. The number of primary amides is 1. The van der Waals surface area contributed by atoms with Crippen LogP contribution in [0.4, 0.5) is 10.1 Å². The van der Waals surface area contributed by atoms with Gasteiger partial charge in [-0.05, 0) is 44.2 Å². The molecule has 0 aliphatic heterocycles. The van der Waals surface area contributed by atoms with Gasteiger partial charge in [-0.1, -0.05) is 0 Å². The van der Waals surface area contributed by atoms with Gasteiger partial charge in [0.25, 0.3) is 11.8 Å². The van der Waals surface area contributed by atoms with Crippen LogP contribution in [0, 0.1) is 19.7 Å². The number of aryl methyl sites for hydroxylation is 2. The third kappa shape index (κ3) is 4.52. The predicted octanol–water partition coefficient (Wildman–Crippen LogP) is 1.85. The van der Waals surface area contributed by atoms with Crippen molar-refractivity contribution in [3.05, 3.63) is 64.7 Å². The molecule has 29 heavy (non-hydrogen) atoms. The lowest BCUT2D eigenvalue weighted by Crippen LogP contribution is -2.33. The summed E-state index contributed by atoms with van der Waals surface area (Å²) < 4.78 is 14.0. The van der Waals surface area contributed by atoms with E-state index in [2.05, 4.69) is 20.6 Å². The van der Waals surface area contributed by atoms with Gasteiger partial charge < -0.3 is 16.4 Å². The van der Waals surface area contributed by atoms with Crippen LogP contribution < -0.4 is 16.4 Å². The van der Waals surface area contributed by atoms with Crippen molar-refractivity contribution < 1.29 is 18.8 Å². The van der Waals surface area contributed by atoms with Gasteiger partial charge in [0.05, 0.1) is 29.0 Å². The molecule has 3 rings (SSSR count). The van der Waals surface area contributed by atoms with Crippen LogP contribution in [0.1, 0.15) is 32.1 Å². The fourth-order valence-electron chi connectivity index (χ4n) is 2.64. The molecular weight excluding hydrogens is 377 g/mol. The van der Waals surface area contributed by atoms with Gasteiger partial charge >= 0.3 is 0 Å². The number of carbonyl (C=O) groups is 3. The maximum atomic E-state index is 14.0. The number of fused-ring (bicyclic) bond motifs is 1. The molecule has 0 bridgehead atoms. The zero-order chi connectivity index (χ0) is 21.1. The lowest BCUT2D eigenvalue weighted by atomic mass is 10.1. The van der Waals surface area contributed by atoms with Gasteiger partial charge in [0.15, 0.2) is 0 Å². The molecule has 0 atom stereocenters. The predicted molar refractivity (Wildman–Crippen MR) is 105 cm³/mol. The van der Waals surface area contributed by atoms with Crippen molar-refractivity contribution in [2.45, 2.75) is 13.8 Å². The molecule has 0 radical (unpaired) electrons. The lowest BCUT2D eigenvalue weighted by molar-refractivity contribution is -0.117. The highest BCUT2D eigenvalue weighted by molar-refractivity contribution is 6.11. The van der Waals surface area contributed by atoms with E-state index in [9.17, 15) is 18.8 Å². The first kappa shape index (κ1) is 19.9. The third-order valence-electron chi connectivity index (χ3n) is 4.22. The van der Waals surface area contributed by atoms with Crippen LogP contribution in [0.25, 0.3) is 11.0 Å². The quantitative estimate of drug-likeness (QED) is 0.608. The van der Waals surface area contributed by atoms with Crippen molar-refractivity contribution in [1.29, 1.82) is 0 Å². The highest BCUT2D eigenvalue weighted by Crippen LogP contribution is 2.21. The maximum absolute atomic E-state index is 14.0. The third-order valence-corrected chi connectivity index (χ3v) is 4.22. The second kappa shape index (κ2) is 8.01. The van der Waals surface area contributed by atoms with Crippen molar-refractivity contribution in [2.75, 3.05) is 11.9 Å². The largest absolute Gasteiger partial charge is 0.368 e. The number of amides is 3. The summed E-state index contributed by atoms with van der Waals surface area (Å²) in [6.45, 7) is 3.24. The molecule has 1 aromatic heterocycles. The van der Waals surface area contributed by atoms with Crippen LogP contribution >= 0.6 is 0 Å². The van der Waals surface area contributed by atoms with Gasteiger partial charge in [0.1, 0.15) is 11.3 Å². The van der Waals surface area contributed by atoms with Gasteiger partial charge in [-0.2, -0.15) is 0 Å². The molecule has 0 aliphatic rings. The minimum atomic E-state index is -0.655. The summed E-state index contributed by atoms with van der Waals surface area (Å²) in [5, 5.41) is 5.01. The molecule has 0 aliphatic carbocycles. The lowest BCUT2D eigenvalue weighted by Gasteiger charge is -2.10. The number of carbonyl (C=O) groups excluding carboxylic acids is 3. The molecular formula is C20H18FN5O3. The zero-order valence-corrected chi connectivity index (χ0v) is 15.7. The Bertz CT molecular complexity index is 1130. The topological polar surface area (TPSA) is 127 Å². The minimum Gasteiger partial charge on any atom is -0.368 e. The summed E-state index contributed by atoms with van der Waals surface area (Å²) in [5.41, 5.74) is 7.61. The van der Waals surface area contributed by atoms with Crippen LogP contribution in [-0.2, 0) is 4.79 Å². The van der Waals surface area contributed by atoms with E-state index >= 15 is 0 Å². The van der Waals surface area contributed by atoms with Gasteiger partial charge in [-0.3, -0.25) is 14.4 Å². The van der Waals surface area contributed by atoms with E-state index in [1.807, 2.05) is 0 Å². The van der Waals surface area contributed by atoms with Crippen LogP contribution in [0.2, 0.25) is 0 Å². The number of anilines is 1. The molecule has 0 fully saturated rings. The summed E-state index contributed by atoms with van der Waals surface area (Å²) in [5.74, 6) is -2.28. The molecule has 0 saturated heterocycles. The normalized spacial score (nSPS) is 10.6. The zero-order valence-electron chi connectivity index (χ0n) is 15.7. The Morgan fingerprint density at radius 1 is 1.00 bits per heavy atom. The summed E-state index contributed by atoms with van der Waals surface area (Å²) in [4.78, 5) is 44.0. The molecule has 3 aromatic rings. The molecule has 0 unspecified atom stereocenters. The van der Waals surface area contributed by atoms with Gasteiger partial charge in [0, 0.05) is 17.3 Å². The molecule has 148 valence electrons. The molecule has 4 N–H and O–H groups in total. The van der Waals surface area contributed by atoms with Gasteiger partial charge in [0.2, 0.25) is 5.91 Å². The number of nitrogens with one attached hydrogen (secondary N) is 2. The first-order chi connectivity index (χ1) is 13.7. The Morgan fingerprint density at radius 3 is 2.31 bits per heavy atom. The first-order valence-electron chi connectivity index (χ1n) is 8.67. The average Bonchev–Trinajstić information content (AvgIpc) is 2.67. The average molecular weight is 395 g/mol. The standard InChI is InChI=1S/C20H18FN5O3/c1-10-11(2)25-18-15(7-13(21)8-16(18)24-10)20(29)26-14-5-3-12(4-6-14)19(28)23-9-17(22)27/h3-8H,9H2,1-2H3,(H2,22,27)(H,23,28)(H,26,29). The summed E-state index contributed by atoms with van der Waals surface area (Å²) >= 11 is 0. The Labute approximate surface area is 165 Å². The fraction of sp³-hybridized carbons (Fsp3) is 0.150. The molecule has 3 amide bonds. The van der Waals surface area contributed by atoms with Crippen LogP contribution in [0.15, 0.2) is 36.4 Å². The number of hydrogen-bond donors (Lipinski definition) is 3. The Balaban J connectivity index is 1.83. The molecule has 2 aromatic carbocycles. The monoisotopic (exact) mass is 395 g/mol. The van der Waals surface area contributed by atoms with Gasteiger partial charge in [-0.25, -0.2) is 14.4 Å². The van der Waals surface area contributed by atoms with E-state index in [4.69, 9.17) is 5.73 Å². The molecule has 1 heterocycles. The van der Waals surface area contributed by atoms with Gasteiger partial charge in [-0.15, -0.1) is 0 Å². The Kier molecular flexibility index (Phi) is 5.49. The number of hydrogen-bond acceptors (Lipinski definition) is 5. The number of rotatable bonds is 5. The smallest absolute Gasteiger partial charge is 0.258 e. The highest BCUT2D eigenvalue weighted by atomic mass is 19.1. The number of halogens is 1. The van der Waals surface area contributed by atoms with Crippen LogP contribution in [0.3, 0.4) is 0 Å². The van der Waals surface area contributed by atoms with Crippen molar-refractivity contribution in [3.8, 4) is 0 Å². The summed E-state index contributed by atoms with van der Waals surface area (Å²) in [6.07, 6.45) is 0. The van der Waals surface area contributed by atoms with E-state index in [1.54, 1.807) is 13.8 Å². The number of benzene rings is 2. The van der Waals surface area contributed by atoms with Crippen molar-refractivity contribution in [3.63, 3.8) is 0 Å². The summed E-state index contributed by atoms with van der Waals surface area (Å²) in [7, 11) is 0. The summed E-state index contributed by atoms with van der Waals surface area (Å²) in [6, 6.07) is 8.31. The van der Waals surface area contributed by atoms with E-state index < -0.39 is 23.5 Å². The number of aromatic nitrogens is 2. The number of nitrogens with zero attached hydrogens (tertiary/aromatic N) is 2. The number of nitrogens with two attached hydrogens (primary N) is 1. The van der Waals surface area contributed by atoms with E-state index in [-0.39, 0.29) is 17.7 Å². The first-order valence-corrected chi connectivity index (χ1v) is 8.67. The molecule has 9 heteroatoms. The fourth-order valence-corrected chi connectivity index (χ4v) is 2.64. The SMILES string of the molecule is Cc1nc2cc(F)cc(C(=O)Nc3ccc(C(=O)NCC(N)=O)cc3)c2nc1C.